The van der Waals surface area contributed by atoms with Gasteiger partial charge in [0.2, 0.25) is 0 Å². The van der Waals surface area contributed by atoms with Crippen molar-refractivity contribution in [2.75, 3.05) is 39.8 Å². The van der Waals surface area contributed by atoms with Crippen LogP contribution < -0.4 is 10.6 Å². The molecule has 3 heterocycles. The van der Waals surface area contributed by atoms with Gasteiger partial charge in [-0.25, -0.2) is 0 Å². The first-order valence-corrected chi connectivity index (χ1v) is 8.82. The van der Waals surface area contributed by atoms with Crippen molar-refractivity contribution in [2.24, 2.45) is 4.99 Å². The number of hydrogen-bond acceptors (Lipinski definition) is 4. The first kappa shape index (κ1) is 16.7. The van der Waals surface area contributed by atoms with Gasteiger partial charge >= 0.3 is 0 Å². The number of hydrogen-bond donors (Lipinski definition) is 2. The van der Waals surface area contributed by atoms with Crippen molar-refractivity contribution in [3.63, 3.8) is 0 Å². The fourth-order valence-electron chi connectivity index (χ4n) is 3.09. The van der Waals surface area contributed by atoms with Gasteiger partial charge in [0.15, 0.2) is 11.6 Å². The van der Waals surface area contributed by atoms with E-state index in [4.69, 9.17) is 0 Å². The summed E-state index contributed by atoms with van der Waals surface area (Å²) in [6.45, 7) is 5.24. The summed E-state index contributed by atoms with van der Waals surface area (Å²) in [4.78, 5) is 6.80. The molecule has 1 aliphatic heterocycles. The van der Waals surface area contributed by atoms with E-state index < -0.39 is 0 Å². The SMILES string of the molecule is CN=C(NCCc1nnc2ccccn12)NCCN1CCCCC1. The fraction of sp³-hybridized carbons (Fsp3) is 0.588. The topological polar surface area (TPSA) is 69.8 Å². The number of fused-ring (bicyclic) bond motifs is 1. The zero-order valence-corrected chi connectivity index (χ0v) is 14.4. The molecular weight excluding hydrogens is 302 g/mol. The monoisotopic (exact) mass is 329 g/mol. The number of aromatic nitrogens is 3. The smallest absolute Gasteiger partial charge is 0.191 e. The fourth-order valence-corrected chi connectivity index (χ4v) is 3.09. The van der Waals surface area contributed by atoms with E-state index >= 15 is 0 Å². The molecule has 0 atom stereocenters. The second-order valence-corrected chi connectivity index (χ2v) is 6.12. The summed E-state index contributed by atoms with van der Waals surface area (Å²) in [5.74, 6) is 1.81. The average Bonchev–Trinajstić information content (AvgIpc) is 3.04. The van der Waals surface area contributed by atoms with E-state index in [2.05, 4.69) is 30.7 Å². The number of guanidine groups is 1. The quantitative estimate of drug-likeness (QED) is 0.609. The molecule has 2 aromatic rings. The van der Waals surface area contributed by atoms with E-state index in [1.807, 2.05) is 35.8 Å². The Morgan fingerprint density at radius 1 is 1.12 bits per heavy atom. The third kappa shape index (κ3) is 4.44. The van der Waals surface area contributed by atoms with E-state index in [1.54, 1.807) is 0 Å². The number of likely N-dealkylation sites (tertiary alicyclic amines) is 1. The van der Waals surface area contributed by atoms with Crippen molar-refractivity contribution in [3.8, 4) is 0 Å². The standard InChI is InChI=1S/C17H27N7/c1-18-17(20-10-14-23-11-4-2-5-12-23)19-9-8-16-22-21-15-7-3-6-13-24(15)16/h3,6-7,13H,2,4-5,8-12,14H2,1H3,(H2,18,19,20). The Labute approximate surface area is 143 Å². The van der Waals surface area contributed by atoms with E-state index in [9.17, 15) is 0 Å². The Hall–Kier alpha value is -2.15. The maximum absolute atomic E-state index is 4.28. The molecule has 1 fully saturated rings. The van der Waals surface area contributed by atoms with Crippen LogP contribution in [0.3, 0.4) is 0 Å². The molecule has 0 bridgehead atoms. The molecule has 7 nitrogen and oxygen atoms in total. The summed E-state index contributed by atoms with van der Waals surface area (Å²) >= 11 is 0. The highest BCUT2D eigenvalue weighted by Crippen LogP contribution is 2.07. The van der Waals surface area contributed by atoms with E-state index in [1.165, 1.54) is 32.4 Å². The van der Waals surface area contributed by atoms with Gasteiger partial charge in [0, 0.05) is 39.3 Å². The molecule has 0 amide bonds. The Morgan fingerprint density at radius 3 is 2.79 bits per heavy atom. The second kappa shape index (κ2) is 8.63. The van der Waals surface area contributed by atoms with Gasteiger partial charge in [0.05, 0.1) is 0 Å². The first-order valence-electron chi connectivity index (χ1n) is 8.82. The molecule has 0 saturated carbocycles. The van der Waals surface area contributed by atoms with Crippen LogP contribution in [0.5, 0.6) is 0 Å². The Bertz CT molecular complexity index is 658. The van der Waals surface area contributed by atoms with Crippen LogP contribution in [0, 0.1) is 0 Å². The van der Waals surface area contributed by atoms with Crippen LogP contribution in [0.1, 0.15) is 25.1 Å². The largest absolute Gasteiger partial charge is 0.356 e. The van der Waals surface area contributed by atoms with Crippen molar-refractivity contribution in [3.05, 3.63) is 30.2 Å². The highest BCUT2D eigenvalue weighted by molar-refractivity contribution is 5.79. The lowest BCUT2D eigenvalue weighted by molar-refractivity contribution is 0.232. The van der Waals surface area contributed by atoms with Crippen LogP contribution in [0.4, 0.5) is 0 Å². The van der Waals surface area contributed by atoms with E-state index in [0.29, 0.717) is 0 Å². The zero-order chi connectivity index (χ0) is 16.6. The average molecular weight is 329 g/mol. The zero-order valence-electron chi connectivity index (χ0n) is 14.4. The summed E-state index contributed by atoms with van der Waals surface area (Å²) in [7, 11) is 1.81. The Balaban J connectivity index is 1.39. The number of piperidine rings is 1. The predicted octanol–water partition coefficient (Wildman–Crippen LogP) is 0.923. The molecule has 130 valence electrons. The predicted molar refractivity (Wildman–Crippen MR) is 96.3 cm³/mol. The van der Waals surface area contributed by atoms with E-state index in [0.717, 1.165) is 43.5 Å². The van der Waals surface area contributed by atoms with Crippen molar-refractivity contribution < 1.29 is 0 Å². The van der Waals surface area contributed by atoms with Gasteiger partial charge in [0.25, 0.3) is 0 Å². The van der Waals surface area contributed by atoms with Crippen LogP contribution in [0.2, 0.25) is 0 Å². The number of nitrogens with one attached hydrogen (secondary N) is 2. The summed E-state index contributed by atoms with van der Waals surface area (Å²) < 4.78 is 2.02. The highest BCUT2D eigenvalue weighted by Gasteiger charge is 2.09. The van der Waals surface area contributed by atoms with Crippen LogP contribution in [0.25, 0.3) is 5.65 Å². The number of rotatable bonds is 6. The molecule has 7 heteroatoms. The lowest BCUT2D eigenvalue weighted by Gasteiger charge is -2.26. The molecule has 3 rings (SSSR count). The van der Waals surface area contributed by atoms with Gasteiger partial charge in [-0.15, -0.1) is 10.2 Å². The second-order valence-electron chi connectivity index (χ2n) is 6.12. The van der Waals surface area contributed by atoms with Crippen LogP contribution in [0.15, 0.2) is 29.4 Å². The van der Waals surface area contributed by atoms with E-state index in [-0.39, 0.29) is 0 Å². The van der Waals surface area contributed by atoms with Crippen LogP contribution >= 0.6 is 0 Å². The molecule has 24 heavy (non-hydrogen) atoms. The number of pyridine rings is 1. The molecule has 0 unspecified atom stereocenters. The Morgan fingerprint density at radius 2 is 1.96 bits per heavy atom. The summed E-state index contributed by atoms with van der Waals surface area (Å²) in [6.07, 6.45) is 6.84. The molecule has 0 aromatic carbocycles. The summed E-state index contributed by atoms with van der Waals surface area (Å²) in [6, 6.07) is 5.93. The summed E-state index contributed by atoms with van der Waals surface area (Å²) in [5.41, 5.74) is 0.886. The maximum Gasteiger partial charge on any atom is 0.191 e. The van der Waals surface area contributed by atoms with Gasteiger partial charge in [-0.3, -0.25) is 9.39 Å². The molecule has 2 N–H and O–H groups in total. The Kier molecular flexibility index (Phi) is 6.01. The molecule has 1 aliphatic rings. The normalized spacial score (nSPS) is 16.5. The van der Waals surface area contributed by atoms with Crippen molar-refractivity contribution in [1.82, 2.24) is 30.1 Å². The van der Waals surface area contributed by atoms with Crippen molar-refractivity contribution in [2.45, 2.75) is 25.7 Å². The van der Waals surface area contributed by atoms with Gasteiger partial charge in [-0.05, 0) is 38.1 Å². The minimum atomic E-state index is 0.777. The van der Waals surface area contributed by atoms with Crippen LogP contribution in [-0.4, -0.2) is 65.2 Å². The molecular formula is C17H27N7. The number of aliphatic imine (C=N–C) groups is 1. The minimum absolute atomic E-state index is 0.777. The first-order chi connectivity index (χ1) is 11.9. The molecule has 0 radical (unpaired) electrons. The van der Waals surface area contributed by atoms with Crippen LogP contribution in [-0.2, 0) is 6.42 Å². The molecule has 2 aromatic heterocycles. The maximum atomic E-state index is 4.28. The minimum Gasteiger partial charge on any atom is -0.356 e. The highest BCUT2D eigenvalue weighted by atomic mass is 15.2. The lowest BCUT2D eigenvalue weighted by atomic mass is 10.1. The third-order valence-corrected chi connectivity index (χ3v) is 4.42. The third-order valence-electron chi connectivity index (χ3n) is 4.42. The van der Waals surface area contributed by atoms with Gasteiger partial charge in [-0.2, -0.15) is 0 Å². The lowest BCUT2D eigenvalue weighted by Crippen LogP contribution is -2.43. The number of nitrogens with zero attached hydrogens (tertiary/aromatic N) is 5. The summed E-state index contributed by atoms with van der Waals surface area (Å²) in [5, 5.41) is 15.2. The van der Waals surface area contributed by atoms with Crippen molar-refractivity contribution >= 4 is 11.6 Å². The van der Waals surface area contributed by atoms with Gasteiger partial charge in [-0.1, -0.05) is 12.5 Å². The molecule has 0 spiro atoms. The van der Waals surface area contributed by atoms with Gasteiger partial charge in [0.1, 0.15) is 5.82 Å². The molecule has 0 aliphatic carbocycles. The molecule has 1 saturated heterocycles. The van der Waals surface area contributed by atoms with Crippen molar-refractivity contribution in [1.29, 1.82) is 0 Å². The van der Waals surface area contributed by atoms with Gasteiger partial charge < -0.3 is 15.5 Å².